The first kappa shape index (κ1) is 23.5. The molecule has 0 radical (unpaired) electrons. The molecule has 7 heteroatoms. The van der Waals surface area contributed by atoms with Crippen LogP contribution >= 0.6 is 0 Å². The zero-order valence-electron chi connectivity index (χ0n) is 21.6. The van der Waals surface area contributed by atoms with Crippen molar-refractivity contribution in [3.63, 3.8) is 0 Å². The normalized spacial score (nSPS) is 25.4. The number of carbonyl (C=O) groups excluding carboxylic acids is 1. The van der Waals surface area contributed by atoms with E-state index < -0.39 is 0 Å². The van der Waals surface area contributed by atoms with Gasteiger partial charge in [0.05, 0.1) is 35.3 Å². The van der Waals surface area contributed by atoms with E-state index in [1.54, 1.807) is 18.3 Å². The summed E-state index contributed by atoms with van der Waals surface area (Å²) >= 11 is 0. The minimum atomic E-state index is -0.209. The van der Waals surface area contributed by atoms with Crippen LogP contribution in [-0.2, 0) is 4.79 Å². The van der Waals surface area contributed by atoms with Gasteiger partial charge in [0, 0.05) is 29.3 Å². The fourth-order valence-corrected chi connectivity index (χ4v) is 6.94. The Morgan fingerprint density at radius 1 is 1.03 bits per heavy atom. The van der Waals surface area contributed by atoms with Gasteiger partial charge in [-0.25, -0.2) is 4.39 Å². The summed E-state index contributed by atoms with van der Waals surface area (Å²) in [4.78, 5) is 22.1. The molecule has 3 fully saturated rings. The van der Waals surface area contributed by atoms with Crippen molar-refractivity contribution in [2.24, 2.45) is 23.7 Å². The fourth-order valence-electron chi connectivity index (χ4n) is 6.94. The van der Waals surface area contributed by atoms with E-state index in [2.05, 4.69) is 39.6 Å². The van der Waals surface area contributed by atoms with Gasteiger partial charge in [-0.3, -0.25) is 19.4 Å². The van der Waals surface area contributed by atoms with E-state index in [0.29, 0.717) is 29.7 Å². The van der Waals surface area contributed by atoms with Crippen LogP contribution in [0.2, 0.25) is 0 Å². The summed E-state index contributed by atoms with van der Waals surface area (Å²) in [5, 5.41) is 8.48. The molecule has 0 bridgehead atoms. The van der Waals surface area contributed by atoms with Crippen LogP contribution in [0.4, 0.5) is 10.1 Å². The van der Waals surface area contributed by atoms with Crippen LogP contribution in [0.1, 0.15) is 63.0 Å². The van der Waals surface area contributed by atoms with Crippen molar-refractivity contribution in [2.75, 3.05) is 5.32 Å². The summed E-state index contributed by atoms with van der Waals surface area (Å²) < 4.78 is 16.0. The van der Waals surface area contributed by atoms with E-state index in [1.807, 2.05) is 29.2 Å². The van der Waals surface area contributed by atoms with Gasteiger partial charge in [0.2, 0.25) is 5.91 Å². The first-order valence-electron chi connectivity index (χ1n) is 13.9. The lowest BCUT2D eigenvalue weighted by Gasteiger charge is -2.21. The third-order valence-corrected chi connectivity index (χ3v) is 9.20. The molecule has 38 heavy (non-hydrogen) atoms. The third-order valence-electron chi connectivity index (χ3n) is 9.20. The van der Waals surface area contributed by atoms with Gasteiger partial charge in [0.25, 0.3) is 0 Å². The lowest BCUT2D eigenvalue weighted by Crippen LogP contribution is -2.26. The van der Waals surface area contributed by atoms with Crippen LogP contribution in [0.3, 0.4) is 0 Å². The van der Waals surface area contributed by atoms with Gasteiger partial charge >= 0.3 is 0 Å². The van der Waals surface area contributed by atoms with Crippen LogP contribution in [0.25, 0.3) is 22.2 Å². The molecule has 0 spiro atoms. The Morgan fingerprint density at radius 3 is 2.58 bits per heavy atom. The molecule has 5 atom stereocenters. The highest BCUT2D eigenvalue weighted by atomic mass is 19.1. The summed E-state index contributed by atoms with van der Waals surface area (Å²) in [6.07, 6.45) is 14.3. The molecule has 7 rings (SSSR count). The molecule has 1 aromatic carbocycles. The van der Waals surface area contributed by atoms with Gasteiger partial charge in [0.1, 0.15) is 5.82 Å². The van der Waals surface area contributed by atoms with E-state index in [0.717, 1.165) is 53.5 Å². The van der Waals surface area contributed by atoms with Gasteiger partial charge in [0.15, 0.2) is 0 Å². The third kappa shape index (κ3) is 4.38. The topological polar surface area (TPSA) is 72.7 Å². The van der Waals surface area contributed by atoms with Gasteiger partial charge in [-0.1, -0.05) is 6.92 Å². The highest BCUT2D eigenvalue weighted by Gasteiger charge is 2.44. The van der Waals surface area contributed by atoms with Crippen LogP contribution in [0, 0.1) is 29.5 Å². The van der Waals surface area contributed by atoms with Crippen molar-refractivity contribution in [2.45, 2.75) is 57.4 Å². The molecule has 3 unspecified atom stereocenters. The molecule has 6 nitrogen and oxygen atoms in total. The molecule has 4 aromatic rings. The largest absolute Gasteiger partial charge is 0.324 e. The second-order valence-corrected chi connectivity index (χ2v) is 11.6. The zero-order chi connectivity index (χ0) is 25.8. The molecule has 1 N–H and O–H groups in total. The van der Waals surface area contributed by atoms with Crippen molar-refractivity contribution in [1.29, 1.82) is 0 Å². The second kappa shape index (κ2) is 9.29. The zero-order valence-corrected chi connectivity index (χ0v) is 21.6. The van der Waals surface area contributed by atoms with Crippen LogP contribution < -0.4 is 5.32 Å². The maximum atomic E-state index is 14.0. The number of benzene rings is 1. The number of aromatic nitrogens is 4. The van der Waals surface area contributed by atoms with Crippen LogP contribution in [0.15, 0.2) is 61.2 Å². The predicted molar refractivity (Wildman–Crippen MR) is 145 cm³/mol. The molecule has 3 heterocycles. The monoisotopic (exact) mass is 509 g/mol. The highest BCUT2D eigenvalue weighted by Crippen LogP contribution is 2.54. The molecular formula is C31H32FN5O. The van der Waals surface area contributed by atoms with E-state index in [1.165, 1.54) is 24.5 Å². The molecule has 3 aliphatic rings. The molecule has 1 amide bonds. The summed E-state index contributed by atoms with van der Waals surface area (Å²) in [5.74, 6) is 1.87. The summed E-state index contributed by atoms with van der Waals surface area (Å²) in [7, 11) is 0. The molecule has 194 valence electrons. The Labute approximate surface area is 221 Å². The Bertz CT molecular complexity index is 1480. The minimum Gasteiger partial charge on any atom is -0.324 e. The SMILES string of the molecule is CC(C(=O)Nc1ccc(-c2cnn(C3CC3)c2)nc1)C1C[C@H]2CC(c3ccnc4ccc(F)cc34)C[C@H]2C1. The first-order chi connectivity index (χ1) is 18.5. The number of halogens is 1. The predicted octanol–water partition coefficient (Wildman–Crippen LogP) is 6.76. The van der Waals surface area contributed by atoms with Gasteiger partial charge in [-0.05, 0) is 104 Å². The second-order valence-electron chi connectivity index (χ2n) is 11.6. The fraction of sp³-hybridized carbons (Fsp3) is 0.419. The number of carbonyl (C=O) groups is 1. The summed E-state index contributed by atoms with van der Waals surface area (Å²) in [5.41, 5.74) is 4.69. The van der Waals surface area contributed by atoms with Crippen molar-refractivity contribution in [3.8, 4) is 11.3 Å². The molecule has 3 aromatic heterocycles. The van der Waals surface area contributed by atoms with Crippen molar-refractivity contribution >= 4 is 22.5 Å². The smallest absolute Gasteiger partial charge is 0.227 e. The number of fused-ring (bicyclic) bond motifs is 2. The number of nitrogens with zero attached hydrogens (tertiary/aromatic N) is 4. The molecule has 0 saturated heterocycles. The van der Waals surface area contributed by atoms with E-state index in [-0.39, 0.29) is 17.6 Å². The van der Waals surface area contributed by atoms with Crippen molar-refractivity contribution in [1.82, 2.24) is 19.7 Å². The van der Waals surface area contributed by atoms with E-state index >= 15 is 0 Å². The van der Waals surface area contributed by atoms with Crippen LogP contribution in [-0.4, -0.2) is 25.7 Å². The number of rotatable bonds is 6. The number of hydrogen-bond donors (Lipinski definition) is 1. The number of amides is 1. The average Bonchev–Trinajstić information content (AvgIpc) is 3.32. The number of nitrogens with one attached hydrogen (secondary N) is 1. The number of anilines is 1. The highest BCUT2D eigenvalue weighted by molar-refractivity contribution is 5.92. The van der Waals surface area contributed by atoms with Gasteiger partial charge in [-0.2, -0.15) is 5.10 Å². The molecule has 0 aliphatic heterocycles. The Balaban J connectivity index is 0.967. The lowest BCUT2D eigenvalue weighted by molar-refractivity contribution is -0.120. The average molecular weight is 510 g/mol. The van der Waals surface area contributed by atoms with Crippen molar-refractivity contribution in [3.05, 3.63) is 72.6 Å². The molecule has 3 aliphatic carbocycles. The molecular weight excluding hydrogens is 477 g/mol. The Hall–Kier alpha value is -3.61. The van der Waals surface area contributed by atoms with E-state index in [4.69, 9.17) is 0 Å². The minimum absolute atomic E-state index is 0.0497. The number of pyridine rings is 2. The lowest BCUT2D eigenvalue weighted by atomic mass is 9.86. The number of hydrogen-bond acceptors (Lipinski definition) is 4. The van der Waals surface area contributed by atoms with Crippen LogP contribution in [0.5, 0.6) is 0 Å². The van der Waals surface area contributed by atoms with E-state index in [9.17, 15) is 9.18 Å². The maximum Gasteiger partial charge on any atom is 0.227 e. The van der Waals surface area contributed by atoms with Gasteiger partial charge < -0.3 is 5.32 Å². The Kier molecular flexibility index (Phi) is 5.75. The quantitative estimate of drug-likeness (QED) is 0.312. The standard InChI is InChI=1S/C31H32FN5O/c1-18(31(38)36-25-3-7-29(34-16-25)23-15-35-37(17-23)26-4-5-26)19-10-20-12-22(13-21(20)11-19)27-8-9-33-30-6-2-24(32)14-28(27)30/h2-3,6-9,14-22,26H,4-5,10-13H2,1H3,(H,36,38)/t18?,19?,20-,21+,22?. The molecule has 3 saturated carbocycles. The maximum absolute atomic E-state index is 14.0. The van der Waals surface area contributed by atoms with Gasteiger partial charge in [-0.15, -0.1) is 0 Å². The summed E-state index contributed by atoms with van der Waals surface area (Å²) in [6, 6.07) is 11.4. The Morgan fingerprint density at radius 2 is 1.84 bits per heavy atom. The van der Waals surface area contributed by atoms with Crippen molar-refractivity contribution < 1.29 is 9.18 Å². The summed E-state index contributed by atoms with van der Waals surface area (Å²) in [6.45, 7) is 2.06. The first-order valence-corrected chi connectivity index (χ1v) is 13.9.